The number of hydrogen-bond donors (Lipinski definition) is 2. The number of fused-ring (bicyclic) bond motifs is 1. The number of nitro benzene ring substituents is 1. The van der Waals surface area contributed by atoms with Crippen molar-refractivity contribution >= 4 is 22.3 Å². The van der Waals surface area contributed by atoms with E-state index < -0.39 is 0 Å². The van der Waals surface area contributed by atoms with Gasteiger partial charge in [-0.3, -0.25) is 15.1 Å². The van der Waals surface area contributed by atoms with Crippen LogP contribution in [0.5, 0.6) is 0 Å². The lowest BCUT2D eigenvalue weighted by atomic mass is 10.0. The third-order valence-corrected chi connectivity index (χ3v) is 3.83. The highest BCUT2D eigenvalue weighted by atomic mass is 16.6. The number of nitrogens with one attached hydrogen (secondary N) is 2. The minimum absolute atomic E-state index is 0.0986. The standard InChI is InChI=1S/C15H18N4O2/c1-10-8-15(18-11-4-6-16-7-5-11)13-9-12(19(20)21)2-3-14(13)17-10/h2-3,8-9,11,16H,4-7H2,1H3,(H,17,18). The van der Waals surface area contributed by atoms with E-state index in [2.05, 4.69) is 15.6 Å². The Morgan fingerprint density at radius 1 is 1.33 bits per heavy atom. The van der Waals surface area contributed by atoms with Gasteiger partial charge in [0.25, 0.3) is 5.69 Å². The number of nitrogens with zero attached hydrogens (tertiary/aromatic N) is 2. The number of nitro groups is 1. The third-order valence-electron chi connectivity index (χ3n) is 3.83. The number of piperidine rings is 1. The molecular formula is C15H18N4O2. The van der Waals surface area contributed by atoms with Crippen LogP contribution in [0.1, 0.15) is 18.5 Å². The predicted octanol–water partition coefficient (Wildman–Crippen LogP) is 2.62. The monoisotopic (exact) mass is 286 g/mol. The number of pyridine rings is 1. The summed E-state index contributed by atoms with van der Waals surface area (Å²) in [6.45, 7) is 3.94. The van der Waals surface area contributed by atoms with Crippen LogP contribution < -0.4 is 10.6 Å². The van der Waals surface area contributed by atoms with Crippen molar-refractivity contribution < 1.29 is 4.92 Å². The summed E-state index contributed by atoms with van der Waals surface area (Å²) in [5.74, 6) is 0. The fraction of sp³-hybridized carbons (Fsp3) is 0.400. The zero-order valence-electron chi connectivity index (χ0n) is 11.9. The molecule has 0 spiro atoms. The van der Waals surface area contributed by atoms with Crippen molar-refractivity contribution in [2.75, 3.05) is 18.4 Å². The number of aryl methyl sites for hydroxylation is 1. The summed E-state index contributed by atoms with van der Waals surface area (Å²) in [5, 5.41) is 18.6. The Bertz CT molecular complexity index is 681. The Kier molecular flexibility index (Phi) is 3.70. The first kappa shape index (κ1) is 13.8. The van der Waals surface area contributed by atoms with Gasteiger partial charge in [0.15, 0.2) is 0 Å². The fourth-order valence-electron chi connectivity index (χ4n) is 2.77. The van der Waals surface area contributed by atoms with Gasteiger partial charge in [0.2, 0.25) is 0 Å². The lowest BCUT2D eigenvalue weighted by Gasteiger charge is -2.25. The summed E-state index contributed by atoms with van der Waals surface area (Å²) in [4.78, 5) is 15.1. The summed E-state index contributed by atoms with van der Waals surface area (Å²) in [6.07, 6.45) is 2.11. The van der Waals surface area contributed by atoms with Gasteiger partial charge in [-0.05, 0) is 45.0 Å². The maximum atomic E-state index is 11.0. The minimum Gasteiger partial charge on any atom is -0.382 e. The molecule has 1 fully saturated rings. The van der Waals surface area contributed by atoms with Crippen molar-refractivity contribution in [3.05, 3.63) is 40.1 Å². The molecule has 0 amide bonds. The lowest BCUT2D eigenvalue weighted by Crippen LogP contribution is -2.35. The molecular weight excluding hydrogens is 268 g/mol. The van der Waals surface area contributed by atoms with Gasteiger partial charge in [-0.25, -0.2) is 0 Å². The molecule has 6 nitrogen and oxygen atoms in total. The highest BCUT2D eigenvalue weighted by Crippen LogP contribution is 2.28. The summed E-state index contributed by atoms with van der Waals surface area (Å²) < 4.78 is 0. The SMILES string of the molecule is Cc1cc(NC2CCNCC2)c2cc([N+](=O)[O-])ccc2n1. The topological polar surface area (TPSA) is 80.1 Å². The molecule has 1 aromatic carbocycles. The van der Waals surface area contributed by atoms with Crippen LogP contribution in [0.25, 0.3) is 10.9 Å². The first-order chi connectivity index (χ1) is 10.1. The van der Waals surface area contributed by atoms with Crippen LogP contribution in [0.15, 0.2) is 24.3 Å². The molecule has 21 heavy (non-hydrogen) atoms. The third kappa shape index (κ3) is 2.95. The van der Waals surface area contributed by atoms with Gasteiger partial charge in [0.1, 0.15) is 0 Å². The average molecular weight is 286 g/mol. The van der Waals surface area contributed by atoms with E-state index in [0.717, 1.165) is 48.2 Å². The maximum Gasteiger partial charge on any atom is 0.270 e. The minimum atomic E-state index is -0.367. The van der Waals surface area contributed by atoms with Gasteiger partial charge < -0.3 is 10.6 Å². The molecule has 0 bridgehead atoms. The number of non-ortho nitro benzene ring substituents is 1. The van der Waals surface area contributed by atoms with Crippen molar-refractivity contribution in [2.45, 2.75) is 25.8 Å². The molecule has 1 aliphatic heterocycles. The Morgan fingerprint density at radius 3 is 2.81 bits per heavy atom. The number of benzene rings is 1. The van der Waals surface area contributed by atoms with Crippen LogP contribution in [0.2, 0.25) is 0 Å². The second-order valence-electron chi connectivity index (χ2n) is 5.44. The molecule has 3 rings (SSSR count). The Morgan fingerprint density at radius 2 is 2.10 bits per heavy atom. The molecule has 0 aliphatic carbocycles. The number of aromatic nitrogens is 1. The van der Waals surface area contributed by atoms with Crippen LogP contribution >= 0.6 is 0 Å². The van der Waals surface area contributed by atoms with E-state index >= 15 is 0 Å². The van der Waals surface area contributed by atoms with Crippen molar-refractivity contribution in [3.63, 3.8) is 0 Å². The van der Waals surface area contributed by atoms with Crippen LogP contribution in [0.4, 0.5) is 11.4 Å². The first-order valence-electron chi connectivity index (χ1n) is 7.16. The van der Waals surface area contributed by atoms with E-state index in [-0.39, 0.29) is 10.6 Å². The zero-order valence-corrected chi connectivity index (χ0v) is 11.9. The largest absolute Gasteiger partial charge is 0.382 e. The van der Waals surface area contributed by atoms with Crippen LogP contribution in [-0.4, -0.2) is 29.0 Å². The molecule has 0 atom stereocenters. The second kappa shape index (κ2) is 5.65. The van der Waals surface area contributed by atoms with E-state index in [1.54, 1.807) is 12.1 Å². The van der Waals surface area contributed by atoms with Gasteiger partial charge in [-0.2, -0.15) is 0 Å². The Balaban J connectivity index is 2.01. The Hall–Kier alpha value is -2.21. The van der Waals surface area contributed by atoms with Gasteiger partial charge in [0, 0.05) is 34.9 Å². The number of anilines is 1. The molecule has 0 radical (unpaired) electrons. The highest BCUT2D eigenvalue weighted by molar-refractivity contribution is 5.93. The smallest absolute Gasteiger partial charge is 0.270 e. The average Bonchev–Trinajstić information content (AvgIpc) is 2.47. The van der Waals surface area contributed by atoms with Gasteiger partial charge in [-0.15, -0.1) is 0 Å². The van der Waals surface area contributed by atoms with Crippen LogP contribution in [0.3, 0.4) is 0 Å². The lowest BCUT2D eigenvalue weighted by molar-refractivity contribution is -0.384. The summed E-state index contributed by atoms with van der Waals surface area (Å²) >= 11 is 0. The van der Waals surface area contributed by atoms with E-state index in [4.69, 9.17) is 0 Å². The molecule has 1 saturated heterocycles. The molecule has 1 aliphatic rings. The highest BCUT2D eigenvalue weighted by Gasteiger charge is 2.16. The molecule has 2 aromatic rings. The van der Waals surface area contributed by atoms with Crippen molar-refractivity contribution in [1.82, 2.24) is 10.3 Å². The van der Waals surface area contributed by atoms with Crippen molar-refractivity contribution in [2.24, 2.45) is 0 Å². The van der Waals surface area contributed by atoms with Crippen molar-refractivity contribution in [1.29, 1.82) is 0 Å². The first-order valence-corrected chi connectivity index (χ1v) is 7.16. The van der Waals surface area contributed by atoms with E-state index in [0.29, 0.717) is 6.04 Å². The fourth-order valence-corrected chi connectivity index (χ4v) is 2.77. The predicted molar refractivity (Wildman–Crippen MR) is 82.6 cm³/mol. The normalized spacial score (nSPS) is 16.0. The molecule has 6 heteroatoms. The summed E-state index contributed by atoms with van der Waals surface area (Å²) in [7, 11) is 0. The molecule has 2 heterocycles. The second-order valence-corrected chi connectivity index (χ2v) is 5.44. The maximum absolute atomic E-state index is 11.0. The van der Waals surface area contributed by atoms with Gasteiger partial charge >= 0.3 is 0 Å². The van der Waals surface area contributed by atoms with Gasteiger partial charge in [-0.1, -0.05) is 0 Å². The number of rotatable bonds is 3. The summed E-state index contributed by atoms with van der Waals surface area (Å²) in [6, 6.07) is 7.19. The molecule has 0 unspecified atom stereocenters. The van der Waals surface area contributed by atoms with E-state index in [1.165, 1.54) is 6.07 Å². The van der Waals surface area contributed by atoms with Crippen molar-refractivity contribution in [3.8, 4) is 0 Å². The Labute approximate surface area is 122 Å². The molecule has 110 valence electrons. The number of hydrogen-bond acceptors (Lipinski definition) is 5. The molecule has 2 N–H and O–H groups in total. The van der Waals surface area contributed by atoms with E-state index in [9.17, 15) is 10.1 Å². The summed E-state index contributed by atoms with van der Waals surface area (Å²) in [5.41, 5.74) is 2.74. The van der Waals surface area contributed by atoms with Gasteiger partial charge in [0.05, 0.1) is 10.4 Å². The zero-order chi connectivity index (χ0) is 14.8. The van der Waals surface area contributed by atoms with E-state index in [1.807, 2.05) is 13.0 Å². The molecule has 0 saturated carbocycles. The van der Waals surface area contributed by atoms with Crippen LogP contribution in [-0.2, 0) is 0 Å². The van der Waals surface area contributed by atoms with Crippen LogP contribution in [0, 0.1) is 17.0 Å². The molecule has 1 aromatic heterocycles. The quantitative estimate of drug-likeness (QED) is 0.669.